The number of phenolic OH excluding ortho intramolecular Hbond substituents is 1. The minimum absolute atomic E-state index is 0.178. The molecular formula is C14H13ClN2O2. The number of anilines is 1. The first-order valence-corrected chi connectivity index (χ1v) is 6.09. The van der Waals surface area contributed by atoms with Gasteiger partial charge in [-0.15, -0.1) is 0 Å². The highest BCUT2D eigenvalue weighted by Gasteiger charge is 2.02. The van der Waals surface area contributed by atoms with Gasteiger partial charge in [-0.3, -0.25) is 0 Å². The highest BCUT2D eigenvalue weighted by Crippen LogP contribution is 2.13. The maximum atomic E-state index is 11.6. The van der Waals surface area contributed by atoms with Gasteiger partial charge in [-0.1, -0.05) is 23.7 Å². The molecule has 98 valence electrons. The minimum atomic E-state index is -0.314. The highest BCUT2D eigenvalue weighted by atomic mass is 35.5. The summed E-state index contributed by atoms with van der Waals surface area (Å²) in [6, 6.07) is 13.3. The molecule has 0 aliphatic heterocycles. The minimum Gasteiger partial charge on any atom is -0.508 e. The Morgan fingerprint density at radius 1 is 1.16 bits per heavy atom. The van der Waals surface area contributed by atoms with Crippen LogP contribution < -0.4 is 10.6 Å². The van der Waals surface area contributed by atoms with Crippen LogP contribution in [-0.4, -0.2) is 11.1 Å². The molecule has 0 heterocycles. The average molecular weight is 277 g/mol. The number of carbonyl (C=O) groups is 1. The molecule has 0 spiro atoms. The van der Waals surface area contributed by atoms with E-state index in [1.54, 1.807) is 42.5 Å². The Balaban J connectivity index is 1.86. The first-order chi connectivity index (χ1) is 9.13. The summed E-state index contributed by atoms with van der Waals surface area (Å²) < 4.78 is 0. The van der Waals surface area contributed by atoms with E-state index in [1.165, 1.54) is 0 Å². The number of carbonyl (C=O) groups excluding carboxylic acids is 1. The molecule has 0 radical (unpaired) electrons. The number of urea groups is 1. The molecule has 5 heteroatoms. The number of aromatic hydroxyl groups is 1. The Kier molecular flexibility index (Phi) is 4.26. The molecule has 0 aliphatic rings. The number of benzene rings is 2. The van der Waals surface area contributed by atoms with Gasteiger partial charge in [0.2, 0.25) is 0 Å². The fourth-order valence-corrected chi connectivity index (χ4v) is 1.68. The quantitative estimate of drug-likeness (QED) is 0.805. The summed E-state index contributed by atoms with van der Waals surface area (Å²) in [4.78, 5) is 11.6. The molecule has 2 amide bonds. The fraction of sp³-hybridized carbons (Fsp3) is 0.0714. The van der Waals surface area contributed by atoms with E-state index in [1.807, 2.05) is 6.07 Å². The van der Waals surface area contributed by atoms with Crippen LogP contribution in [0.25, 0.3) is 0 Å². The molecule has 0 saturated heterocycles. The van der Waals surface area contributed by atoms with Crippen LogP contribution in [0, 0.1) is 0 Å². The average Bonchev–Trinajstić information content (AvgIpc) is 2.39. The summed E-state index contributed by atoms with van der Waals surface area (Å²) in [5, 5.41) is 15.3. The van der Waals surface area contributed by atoms with Gasteiger partial charge in [-0.25, -0.2) is 4.79 Å². The van der Waals surface area contributed by atoms with E-state index in [0.717, 1.165) is 5.56 Å². The lowest BCUT2D eigenvalue weighted by molar-refractivity contribution is 0.251. The summed E-state index contributed by atoms with van der Waals surface area (Å²) in [6.45, 7) is 0.341. The molecule has 0 unspecified atom stereocenters. The van der Waals surface area contributed by atoms with E-state index in [-0.39, 0.29) is 11.8 Å². The summed E-state index contributed by atoms with van der Waals surface area (Å²) in [6.07, 6.45) is 0. The van der Waals surface area contributed by atoms with Gasteiger partial charge >= 0.3 is 6.03 Å². The first kappa shape index (κ1) is 13.2. The van der Waals surface area contributed by atoms with Crippen molar-refractivity contribution in [2.45, 2.75) is 6.54 Å². The van der Waals surface area contributed by atoms with Crippen LogP contribution in [0.15, 0.2) is 48.5 Å². The smallest absolute Gasteiger partial charge is 0.319 e. The maximum absolute atomic E-state index is 11.6. The predicted octanol–water partition coefficient (Wildman–Crippen LogP) is 3.37. The monoisotopic (exact) mass is 276 g/mol. The van der Waals surface area contributed by atoms with Gasteiger partial charge in [0.1, 0.15) is 5.75 Å². The third kappa shape index (κ3) is 4.19. The summed E-state index contributed by atoms with van der Waals surface area (Å²) in [5.41, 5.74) is 1.49. The Morgan fingerprint density at radius 3 is 2.58 bits per heavy atom. The number of nitrogens with one attached hydrogen (secondary N) is 2. The number of hydrogen-bond acceptors (Lipinski definition) is 2. The van der Waals surface area contributed by atoms with Gasteiger partial charge in [0.05, 0.1) is 0 Å². The van der Waals surface area contributed by atoms with Crippen LogP contribution in [-0.2, 0) is 6.54 Å². The molecule has 0 aliphatic carbocycles. The molecule has 0 fully saturated rings. The van der Waals surface area contributed by atoms with Gasteiger partial charge in [0.15, 0.2) is 0 Å². The van der Waals surface area contributed by atoms with E-state index >= 15 is 0 Å². The topological polar surface area (TPSA) is 61.4 Å². The van der Waals surface area contributed by atoms with Crippen molar-refractivity contribution in [2.24, 2.45) is 0 Å². The lowest BCUT2D eigenvalue weighted by atomic mass is 10.2. The van der Waals surface area contributed by atoms with Crippen molar-refractivity contribution in [3.8, 4) is 5.75 Å². The maximum Gasteiger partial charge on any atom is 0.319 e. The van der Waals surface area contributed by atoms with Crippen molar-refractivity contribution in [1.29, 1.82) is 0 Å². The number of phenols is 1. The SMILES string of the molecule is O=C(NCc1cccc(O)c1)Nc1ccc(Cl)cc1. The molecule has 0 aromatic heterocycles. The van der Waals surface area contributed by atoms with Crippen LogP contribution in [0.2, 0.25) is 5.02 Å². The summed E-state index contributed by atoms with van der Waals surface area (Å²) in [7, 11) is 0. The largest absolute Gasteiger partial charge is 0.508 e. The van der Waals surface area contributed by atoms with E-state index < -0.39 is 0 Å². The molecule has 4 nitrogen and oxygen atoms in total. The molecule has 2 rings (SSSR count). The Morgan fingerprint density at radius 2 is 1.89 bits per heavy atom. The van der Waals surface area contributed by atoms with Crippen molar-refractivity contribution >= 4 is 23.3 Å². The van der Waals surface area contributed by atoms with Gasteiger partial charge in [-0.2, -0.15) is 0 Å². The fourth-order valence-electron chi connectivity index (χ4n) is 1.56. The summed E-state index contributed by atoms with van der Waals surface area (Å²) >= 11 is 5.75. The Bertz CT molecular complexity index is 570. The molecule has 3 N–H and O–H groups in total. The van der Waals surface area contributed by atoms with Crippen LogP contribution >= 0.6 is 11.6 Å². The zero-order valence-electron chi connectivity index (χ0n) is 10.1. The van der Waals surface area contributed by atoms with E-state index in [4.69, 9.17) is 11.6 Å². The Hall–Kier alpha value is -2.20. The zero-order valence-corrected chi connectivity index (χ0v) is 10.8. The van der Waals surface area contributed by atoms with Gasteiger partial charge in [0.25, 0.3) is 0 Å². The zero-order chi connectivity index (χ0) is 13.7. The van der Waals surface area contributed by atoms with Gasteiger partial charge < -0.3 is 15.7 Å². The van der Waals surface area contributed by atoms with Crippen LogP contribution in [0.1, 0.15) is 5.56 Å². The molecule has 0 bridgehead atoms. The second-order valence-electron chi connectivity index (χ2n) is 3.98. The van der Waals surface area contributed by atoms with E-state index in [9.17, 15) is 9.90 Å². The third-order valence-electron chi connectivity index (χ3n) is 2.47. The molecule has 19 heavy (non-hydrogen) atoms. The van der Waals surface area contributed by atoms with Crippen molar-refractivity contribution in [1.82, 2.24) is 5.32 Å². The standard InChI is InChI=1S/C14H13ClN2O2/c15-11-4-6-12(7-5-11)17-14(19)16-9-10-2-1-3-13(18)8-10/h1-8,18H,9H2,(H2,16,17,19). The predicted molar refractivity (Wildman–Crippen MR) is 75.4 cm³/mol. The van der Waals surface area contributed by atoms with Crippen molar-refractivity contribution in [2.75, 3.05) is 5.32 Å². The summed E-state index contributed by atoms with van der Waals surface area (Å²) in [5.74, 6) is 0.178. The number of hydrogen-bond donors (Lipinski definition) is 3. The lowest BCUT2D eigenvalue weighted by Crippen LogP contribution is -2.28. The molecule has 2 aromatic rings. The van der Waals surface area contributed by atoms with Crippen LogP contribution in [0.5, 0.6) is 5.75 Å². The second-order valence-corrected chi connectivity index (χ2v) is 4.42. The van der Waals surface area contributed by atoms with Gasteiger partial charge in [-0.05, 0) is 42.0 Å². The normalized spacial score (nSPS) is 9.95. The van der Waals surface area contributed by atoms with Crippen LogP contribution in [0.3, 0.4) is 0 Å². The number of rotatable bonds is 3. The van der Waals surface area contributed by atoms with Crippen LogP contribution in [0.4, 0.5) is 10.5 Å². The first-order valence-electron chi connectivity index (χ1n) is 5.72. The van der Waals surface area contributed by atoms with Crippen molar-refractivity contribution in [3.63, 3.8) is 0 Å². The van der Waals surface area contributed by atoms with E-state index in [2.05, 4.69) is 10.6 Å². The molecule has 0 atom stereocenters. The third-order valence-corrected chi connectivity index (χ3v) is 2.72. The van der Waals surface area contributed by atoms with Gasteiger partial charge in [0, 0.05) is 17.3 Å². The molecular weight excluding hydrogens is 264 g/mol. The second kappa shape index (κ2) is 6.11. The van der Waals surface area contributed by atoms with E-state index in [0.29, 0.717) is 17.3 Å². The van der Waals surface area contributed by atoms with Crippen molar-refractivity contribution < 1.29 is 9.90 Å². The lowest BCUT2D eigenvalue weighted by Gasteiger charge is -2.08. The highest BCUT2D eigenvalue weighted by molar-refractivity contribution is 6.30. The number of halogens is 1. The van der Waals surface area contributed by atoms with Crippen molar-refractivity contribution in [3.05, 3.63) is 59.1 Å². The number of amides is 2. The molecule has 0 saturated carbocycles. The molecule has 2 aromatic carbocycles. The Labute approximate surface area is 116 Å².